The van der Waals surface area contributed by atoms with Crippen LogP contribution in [0.1, 0.15) is 19.3 Å². The number of non-ortho nitro benzene ring substituents is 1. The van der Waals surface area contributed by atoms with Crippen LogP contribution in [0.25, 0.3) is 0 Å². The molecule has 0 heterocycles. The maximum absolute atomic E-state index is 12.0. The number of hydrogen-bond acceptors (Lipinski definition) is 3. The number of rotatable bonds is 3. The normalized spacial score (nSPS) is 28.6. The summed E-state index contributed by atoms with van der Waals surface area (Å²) in [5.74, 6) is 1.60. The Bertz CT molecular complexity index is 505. The van der Waals surface area contributed by atoms with Crippen LogP contribution in [0.2, 0.25) is 0 Å². The molecular weight excluding hydrogens is 232 g/mol. The van der Waals surface area contributed by atoms with Gasteiger partial charge in [-0.05, 0) is 37.2 Å². The van der Waals surface area contributed by atoms with Gasteiger partial charge >= 0.3 is 0 Å². The van der Waals surface area contributed by atoms with Crippen molar-refractivity contribution in [2.75, 3.05) is 5.32 Å². The highest BCUT2D eigenvalue weighted by molar-refractivity contribution is 5.93. The van der Waals surface area contributed by atoms with E-state index < -0.39 is 4.92 Å². The van der Waals surface area contributed by atoms with E-state index in [2.05, 4.69) is 5.32 Å². The largest absolute Gasteiger partial charge is 0.326 e. The summed E-state index contributed by atoms with van der Waals surface area (Å²) >= 11 is 0. The van der Waals surface area contributed by atoms with Gasteiger partial charge in [0.2, 0.25) is 5.91 Å². The van der Waals surface area contributed by atoms with Crippen molar-refractivity contribution in [2.24, 2.45) is 17.8 Å². The molecule has 0 aromatic heterocycles. The van der Waals surface area contributed by atoms with Crippen LogP contribution in [-0.4, -0.2) is 10.8 Å². The third-order valence-corrected chi connectivity index (χ3v) is 3.94. The summed E-state index contributed by atoms with van der Waals surface area (Å²) in [6, 6.07) is 6.08. The van der Waals surface area contributed by atoms with Crippen LogP contribution in [0.15, 0.2) is 24.3 Å². The van der Waals surface area contributed by atoms with E-state index in [1.165, 1.54) is 18.6 Å². The Balaban J connectivity index is 1.66. The van der Waals surface area contributed by atoms with Crippen molar-refractivity contribution in [3.05, 3.63) is 34.4 Å². The van der Waals surface area contributed by atoms with E-state index in [1.807, 2.05) is 0 Å². The maximum atomic E-state index is 12.0. The quantitative estimate of drug-likeness (QED) is 0.658. The molecule has 2 atom stereocenters. The Morgan fingerprint density at radius 2 is 2.00 bits per heavy atom. The zero-order valence-electron chi connectivity index (χ0n) is 9.83. The molecule has 2 saturated carbocycles. The van der Waals surface area contributed by atoms with Crippen molar-refractivity contribution in [2.45, 2.75) is 19.3 Å². The van der Waals surface area contributed by atoms with Crippen LogP contribution in [0.4, 0.5) is 11.4 Å². The fraction of sp³-hybridized carbons (Fsp3) is 0.462. The van der Waals surface area contributed by atoms with Crippen LogP contribution >= 0.6 is 0 Å². The van der Waals surface area contributed by atoms with Crippen LogP contribution in [0.3, 0.4) is 0 Å². The van der Waals surface area contributed by atoms with Gasteiger partial charge in [0.05, 0.1) is 4.92 Å². The van der Waals surface area contributed by atoms with Gasteiger partial charge < -0.3 is 5.32 Å². The van der Waals surface area contributed by atoms with Gasteiger partial charge in [0.1, 0.15) is 0 Å². The number of nitrogens with zero attached hydrogens (tertiary/aromatic N) is 1. The molecule has 0 aliphatic heterocycles. The number of benzene rings is 1. The number of nitrogens with one attached hydrogen (secondary N) is 1. The zero-order valence-corrected chi connectivity index (χ0v) is 9.83. The minimum atomic E-state index is -0.458. The number of carbonyl (C=O) groups excluding carboxylic acids is 1. The van der Waals surface area contributed by atoms with Gasteiger partial charge in [0, 0.05) is 23.7 Å². The predicted octanol–water partition coefficient (Wildman–Crippen LogP) is 2.58. The summed E-state index contributed by atoms with van der Waals surface area (Å²) < 4.78 is 0. The molecule has 3 rings (SSSR count). The van der Waals surface area contributed by atoms with E-state index >= 15 is 0 Å². The molecule has 0 spiro atoms. The Morgan fingerprint density at radius 1 is 1.28 bits per heavy atom. The average molecular weight is 246 g/mol. The number of hydrogen-bond donors (Lipinski definition) is 1. The topological polar surface area (TPSA) is 72.2 Å². The second-order valence-corrected chi connectivity index (χ2v) is 5.22. The Kier molecular flexibility index (Phi) is 2.54. The fourth-order valence-corrected chi connectivity index (χ4v) is 2.87. The summed E-state index contributed by atoms with van der Waals surface area (Å²) in [6.07, 6.45) is 3.23. The molecule has 94 valence electrons. The molecular formula is C13H14N2O3. The summed E-state index contributed by atoms with van der Waals surface area (Å²) in [6.45, 7) is 0. The first kappa shape index (κ1) is 11.2. The van der Waals surface area contributed by atoms with Gasteiger partial charge in [-0.15, -0.1) is 0 Å². The molecule has 2 fully saturated rings. The number of amides is 1. The molecule has 1 N–H and O–H groups in total. The first-order valence-corrected chi connectivity index (χ1v) is 6.19. The van der Waals surface area contributed by atoms with Crippen LogP contribution in [0.5, 0.6) is 0 Å². The standard InChI is InChI=1S/C13H14N2O3/c16-13(10-5-8-4-9(8)6-10)14-11-2-1-3-12(7-11)15(17)18/h1-3,7-10H,4-6H2,(H,14,16). The number of anilines is 1. The molecule has 5 heteroatoms. The van der Waals surface area contributed by atoms with Crippen molar-refractivity contribution in [1.82, 2.24) is 0 Å². The van der Waals surface area contributed by atoms with Crippen molar-refractivity contribution >= 4 is 17.3 Å². The summed E-state index contributed by atoms with van der Waals surface area (Å²) in [5, 5.41) is 13.4. The second kappa shape index (κ2) is 4.08. The number of nitro groups is 1. The minimum absolute atomic E-state index is 0.00192. The minimum Gasteiger partial charge on any atom is -0.326 e. The summed E-state index contributed by atoms with van der Waals surface area (Å²) in [4.78, 5) is 22.2. The lowest BCUT2D eigenvalue weighted by Crippen LogP contribution is -2.21. The predicted molar refractivity (Wildman–Crippen MR) is 66.0 cm³/mol. The first-order valence-electron chi connectivity index (χ1n) is 6.19. The molecule has 2 aliphatic rings. The molecule has 2 unspecified atom stereocenters. The van der Waals surface area contributed by atoms with E-state index in [9.17, 15) is 14.9 Å². The lowest BCUT2D eigenvalue weighted by Gasteiger charge is -2.12. The lowest BCUT2D eigenvalue weighted by atomic mass is 10.0. The molecule has 2 aliphatic carbocycles. The third-order valence-electron chi connectivity index (χ3n) is 3.94. The van der Waals surface area contributed by atoms with E-state index in [-0.39, 0.29) is 17.5 Å². The van der Waals surface area contributed by atoms with Gasteiger partial charge in [0.25, 0.3) is 5.69 Å². The van der Waals surface area contributed by atoms with Gasteiger partial charge in [0.15, 0.2) is 0 Å². The van der Waals surface area contributed by atoms with E-state index in [0.717, 1.165) is 24.7 Å². The van der Waals surface area contributed by atoms with Gasteiger partial charge in [-0.25, -0.2) is 0 Å². The maximum Gasteiger partial charge on any atom is 0.271 e. The van der Waals surface area contributed by atoms with Crippen molar-refractivity contribution < 1.29 is 9.72 Å². The highest BCUT2D eigenvalue weighted by Gasteiger charge is 2.47. The Labute approximate surface area is 104 Å². The van der Waals surface area contributed by atoms with E-state index in [0.29, 0.717) is 5.69 Å². The zero-order chi connectivity index (χ0) is 12.7. The summed E-state index contributed by atoms with van der Waals surface area (Å²) in [5.41, 5.74) is 0.511. The molecule has 1 aromatic carbocycles. The highest BCUT2D eigenvalue weighted by Crippen LogP contribution is 2.54. The van der Waals surface area contributed by atoms with Crippen LogP contribution in [-0.2, 0) is 4.79 Å². The fourth-order valence-electron chi connectivity index (χ4n) is 2.87. The van der Waals surface area contributed by atoms with E-state index in [4.69, 9.17) is 0 Å². The number of carbonyl (C=O) groups is 1. The highest BCUT2D eigenvalue weighted by atomic mass is 16.6. The SMILES string of the molecule is O=C(Nc1cccc([N+](=O)[O-])c1)C1CC2CC2C1. The first-order chi connectivity index (χ1) is 8.63. The molecule has 5 nitrogen and oxygen atoms in total. The Hall–Kier alpha value is -1.91. The van der Waals surface area contributed by atoms with Crippen molar-refractivity contribution in [3.8, 4) is 0 Å². The molecule has 1 aromatic rings. The number of nitro benzene ring substituents is 1. The molecule has 18 heavy (non-hydrogen) atoms. The van der Waals surface area contributed by atoms with Gasteiger partial charge in [-0.3, -0.25) is 14.9 Å². The van der Waals surface area contributed by atoms with E-state index in [1.54, 1.807) is 12.1 Å². The second-order valence-electron chi connectivity index (χ2n) is 5.22. The molecule has 0 radical (unpaired) electrons. The van der Waals surface area contributed by atoms with Crippen LogP contribution < -0.4 is 5.32 Å². The van der Waals surface area contributed by atoms with Gasteiger partial charge in [-0.2, -0.15) is 0 Å². The Morgan fingerprint density at radius 3 is 2.67 bits per heavy atom. The lowest BCUT2D eigenvalue weighted by molar-refractivity contribution is -0.384. The number of fused-ring (bicyclic) bond motifs is 1. The van der Waals surface area contributed by atoms with Crippen LogP contribution in [0, 0.1) is 27.9 Å². The smallest absolute Gasteiger partial charge is 0.271 e. The molecule has 1 amide bonds. The molecule has 0 bridgehead atoms. The molecule has 0 saturated heterocycles. The average Bonchev–Trinajstić information content (AvgIpc) is 2.96. The van der Waals surface area contributed by atoms with Crippen molar-refractivity contribution in [1.29, 1.82) is 0 Å². The third kappa shape index (κ3) is 2.08. The summed E-state index contributed by atoms with van der Waals surface area (Å²) in [7, 11) is 0. The van der Waals surface area contributed by atoms with Gasteiger partial charge in [-0.1, -0.05) is 6.07 Å². The van der Waals surface area contributed by atoms with Crippen molar-refractivity contribution in [3.63, 3.8) is 0 Å². The monoisotopic (exact) mass is 246 g/mol.